The van der Waals surface area contributed by atoms with Crippen molar-refractivity contribution in [2.24, 2.45) is 0 Å². The first-order valence-corrected chi connectivity index (χ1v) is 11.0. The van der Waals surface area contributed by atoms with Crippen molar-refractivity contribution in [2.75, 3.05) is 18.8 Å². The molecule has 0 bridgehead atoms. The SMILES string of the molecule is O=C(O)C(CS)NC(=O)C(Cc1cnc[nH]1)NC(=O)C1CCCN1C(=O)C1CCCN1. The van der Waals surface area contributed by atoms with Crippen LogP contribution in [0.1, 0.15) is 31.4 Å². The molecule has 0 radical (unpaired) electrons. The molecule has 2 saturated heterocycles. The first-order valence-electron chi connectivity index (χ1n) is 10.4. The molecular formula is C19H28N6O5S. The van der Waals surface area contributed by atoms with E-state index < -0.39 is 35.9 Å². The molecule has 5 N–H and O–H groups in total. The van der Waals surface area contributed by atoms with Crippen LogP contribution in [0.5, 0.6) is 0 Å². The fraction of sp³-hybridized carbons (Fsp3) is 0.632. The van der Waals surface area contributed by atoms with Gasteiger partial charge in [0.1, 0.15) is 18.1 Å². The highest BCUT2D eigenvalue weighted by Gasteiger charge is 2.39. The number of rotatable bonds is 9. The van der Waals surface area contributed by atoms with Gasteiger partial charge in [0.2, 0.25) is 17.7 Å². The summed E-state index contributed by atoms with van der Waals surface area (Å²) in [5.74, 6) is -2.47. The van der Waals surface area contributed by atoms with E-state index in [9.17, 15) is 24.3 Å². The summed E-state index contributed by atoms with van der Waals surface area (Å²) in [4.78, 5) is 58.3. The number of likely N-dealkylation sites (tertiary alicyclic amines) is 1. The van der Waals surface area contributed by atoms with Gasteiger partial charge in [-0.15, -0.1) is 0 Å². The van der Waals surface area contributed by atoms with E-state index in [1.807, 2.05) is 0 Å². The van der Waals surface area contributed by atoms with Gasteiger partial charge >= 0.3 is 5.97 Å². The van der Waals surface area contributed by atoms with Crippen LogP contribution in [-0.4, -0.2) is 86.7 Å². The summed E-state index contributed by atoms with van der Waals surface area (Å²) in [6, 6.07) is -3.15. The zero-order valence-corrected chi connectivity index (χ0v) is 17.9. The highest BCUT2D eigenvalue weighted by molar-refractivity contribution is 7.80. The molecule has 2 aliphatic rings. The monoisotopic (exact) mass is 452 g/mol. The van der Waals surface area contributed by atoms with Crippen LogP contribution >= 0.6 is 12.6 Å². The van der Waals surface area contributed by atoms with Gasteiger partial charge < -0.3 is 30.9 Å². The number of carbonyl (C=O) groups is 4. The summed E-state index contributed by atoms with van der Waals surface area (Å²) in [5, 5.41) is 17.5. The summed E-state index contributed by atoms with van der Waals surface area (Å²) in [5.41, 5.74) is 0.604. The van der Waals surface area contributed by atoms with E-state index in [2.05, 4.69) is 38.5 Å². The topological polar surface area (TPSA) is 157 Å². The van der Waals surface area contributed by atoms with Crippen molar-refractivity contribution in [2.45, 2.75) is 56.3 Å². The Morgan fingerprint density at radius 1 is 1.23 bits per heavy atom. The van der Waals surface area contributed by atoms with Crippen molar-refractivity contribution >= 4 is 36.3 Å². The predicted octanol–water partition coefficient (Wildman–Crippen LogP) is -1.32. The molecule has 12 heteroatoms. The number of aromatic amines is 1. The minimum absolute atomic E-state index is 0.0919. The summed E-state index contributed by atoms with van der Waals surface area (Å²) in [6.45, 7) is 1.27. The number of carboxylic acid groups (broad SMARTS) is 1. The lowest BCUT2D eigenvalue weighted by Crippen LogP contribution is -2.57. The van der Waals surface area contributed by atoms with E-state index in [0.717, 1.165) is 19.4 Å². The van der Waals surface area contributed by atoms with Gasteiger partial charge in [0.25, 0.3) is 0 Å². The van der Waals surface area contributed by atoms with Crippen molar-refractivity contribution < 1.29 is 24.3 Å². The summed E-state index contributed by atoms with van der Waals surface area (Å²) in [7, 11) is 0. The molecule has 3 heterocycles. The zero-order valence-electron chi connectivity index (χ0n) is 17.0. The smallest absolute Gasteiger partial charge is 0.327 e. The number of thiol groups is 1. The average molecular weight is 453 g/mol. The van der Waals surface area contributed by atoms with Crippen molar-refractivity contribution in [3.8, 4) is 0 Å². The van der Waals surface area contributed by atoms with Gasteiger partial charge in [0, 0.05) is 30.6 Å². The Kier molecular flexibility index (Phi) is 7.91. The molecule has 31 heavy (non-hydrogen) atoms. The molecule has 0 aliphatic carbocycles. The molecule has 4 atom stereocenters. The number of imidazole rings is 1. The van der Waals surface area contributed by atoms with E-state index in [-0.39, 0.29) is 24.1 Å². The molecule has 3 rings (SSSR count). The van der Waals surface area contributed by atoms with Crippen LogP contribution in [0.4, 0.5) is 0 Å². The van der Waals surface area contributed by atoms with E-state index in [4.69, 9.17) is 0 Å². The molecule has 11 nitrogen and oxygen atoms in total. The molecule has 2 aliphatic heterocycles. The number of carboxylic acids is 1. The quantitative estimate of drug-likeness (QED) is 0.254. The molecule has 2 fully saturated rings. The maximum atomic E-state index is 13.0. The Hall–Kier alpha value is -2.60. The average Bonchev–Trinajstić information content (AvgIpc) is 3.52. The Labute approximate surface area is 185 Å². The minimum Gasteiger partial charge on any atom is -0.480 e. The second kappa shape index (κ2) is 10.6. The van der Waals surface area contributed by atoms with E-state index >= 15 is 0 Å². The fourth-order valence-electron chi connectivity index (χ4n) is 3.95. The van der Waals surface area contributed by atoms with Crippen molar-refractivity contribution in [1.29, 1.82) is 0 Å². The number of carbonyl (C=O) groups excluding carboxylic acids is 3. The minimum atomic E-state index is -1.22. The summed E-state index contributed by atoms with van der Waals surface area (Å²) in [6.07, 6.45) is 5.95. The molecule has 0 spiro atoms. The maximum Gasteiger partial charge on any atom is 0.327 e. The molecule has 4 unspecified atom stereocenters. The number of hydrogen-bond donors (Lipinski definition) is 6. The third kappa shape index (κ3) is 5.76. The Bertz CT molecular complexity index is 798. The van der Waals surface area contributed by atoms with Crippen molar-refractivity contribution in [3.05, 3.63) is 18.2 Å². The molecule has 0 saturated carbocycles. The lowest BCUT2D eigenvalue weighted by Gasteiger charge is -2.28. The lowest BCUT2D eigenvalue weighted by atomic mass is 10.1. The molecule has 1 aromatic heterocycles. The van der Waals surface area contributed by atoms with Crippen LogP contribution in [0.15, 0.2) is 12.5 Å². The van der Waals surface area contributed by atoms with E-state index in [1.165, 1.54) is 12.5 Å². The molecule has 1 aromatic rings. The Balaban J connectivity index is 1.70. The number of H-pyrrole nitrogens is 1. The van der Waals surface area contributed by atoms with Crippen molar-refractivity contribution in [3.63, 3.8) is 0 Å². The van der Waals surface area contributed by atoms with Crippen LogP contribution in [0.25, 0.3) is 0 Å². The van der Waals surface area contributed by atoms with Gasteiger partial charge in [-0.25, -0.2) is 9.78 Å². The third-order valence-electron chi connectivity index (χ3n) is 5.61. The Morgan fingerprint density at radius 3 is 2.65 bits per heavy atom. The van der Waals surface area contributed by atoms with Gasteiger partial charge in [-0.3, -0.25) is 14.4 Å². The molecule has 170 valence electrons. The van der Waals surface area contributed by atoms with Gasteiger partial charge in [0.15, 0.2) is 0 Å². The van der Waals surface area contributed by atoms with Gasteiger partial charge in [-0.2, -0.15) is 12.6 Å². The highest BCUT2D eigenvalue weighted by Crippen LogP contribution is 2.21. The second-order valence-electron chi connectivity index (χ2n) is 7.76. The van der Waals surface area contributed by atoms with Crippen LogP contribution in [0, 0.1) is 0 Å². The highest BCUT2D eigenvalue weighted by atomic mass is 32.1. The summed E-state index contributed by atoms with van der Waals surface area (Å²) >= 11 is 3.96. The maximum absolute atomic E-state index is 13.0. The number of hydrogen-bond acceptors (Lipinski definition) is 7. The fourth-order valence-corrected chi connectivity index (χ4v) is 4.20. The zero-order chi connectivity index (χ0) is 22.4. The summed E-state index contributed by atoms with van der Waals surface area (Å²) < 4.78 is 0. The van der Waals surface area contributed by atoms with Crippen LogP contribution in [0.2, 0.25) is 0 Å². The van der Waals surface area contributed by atoms with Gasteiger partial charge in [-0.1, -0.05) is 0 Å². The third-order valence-corrected chi connectivity index (χ3v) is 5.97. The molecule has 3 amide bonds. The van der Waals surface area contributed by atoms with E-state index in [0.29, 0.717) is 25.1 Å². The molecular weight excluding hydrogens is 424 g/mol. The molecule has 0 aromatic carbocycles. The van der Waals surface area contributed by atoms with Crippen LogP contribution in [0.3, 0.4) is 0 Å². The largest absolute Gasteiger partial charge is 0.480 e. The van der Waals surface area contributed by atoms with E-state index in [1.54, 1.807) is 4.90 Å². The predicted molar refractivity (Wildman–Crippen MR) is 113 cm³/mol. The number of nitrogens with one attached hydrogen (secondary N) is 4. The number of nitrogens with zero attached hydrogens (tertiary/aromatic N) is 2. The second-order valence-corrected chi connectivity index (χ2v) is 8.13. The van der Waals surface area contributed by atoms with Gasteiger partial charge in [0.05, 0.1) is 12.4 Å². The normalized spacial score (nSPS) is 22.7. The first-order chi connectivity index (χ1) is 14.9. The van der Waals surface area contributed by atoms with Crippen LogP contribution < -0.4 is 16.0 Å². The number of aromatic nitrogens is 2. The number of amides is 3. The number of aliphatic carboxylic acids is 1. The van der Waals surface area contributed by atoms with Gasteiger partial charge in [-0.05, 0) is 32.2 Å². The standard InChI is InChI=1S/C19H28N6O5S/c26-16(24-14(9-31)19(29)30)13(7-11-8-20-10-22-11)23-17(27)15-4-2-6-25(15)18(28)12-3-1-5-21-12/h8,10,12-15,21,31H,1-7,9H2,(H,20,22)(H,23,27)(H,24,26)(H,29,30). The lowest BCUT2D eigenvalue weighted by molar-refractivity contribution is -0.142. The van der Waals surface area contributed by atoms with Crippen molar-refractivity contribution in [1.82, 2.24) is 30.8 Å². The first kappa shape index (κ1) is 23.1. The Morgan fingerprint density at radius 2 is 2.03 bits per heavy atom. The van der Waals surface area contributed by atoms with Crippen LogP contribution in [-0.2, 0) is 25.6 Å².